The normalized spacial score (nSPS) is 18.8. The number of halogens is 3. The summed E-state index contributed by atoms with van der Waals surface area (Å²) in [5.74, 6) is -0.129. The minimum absolute atomic E-state index is 0.00354. The molecule has 4 atom stereocenters. The number of anilines is 2. The molecule has 0 radical (unpaired) electrons. The number of carbonyl (C=O) groups is 4. The second kappa shape index (κ2) is 17.4. The van der Waals surface area contributed by atoms with Gasteiger partial charge in [0.1, 0.15) is 23.4 Å². The molecule has 2 aromatic heterocycles. The number of benzene rings is 3. The highest BCUT2D eigenvalue weighted by atomic mass is 19.4. The van der Waals surface area contributed by atoms with Gasteiger partial charge in [-0.25, -0.2) is 14.8 Å². The Balaban J connectivity index is 1.10. The molecule has 0 saturated carbocycles. The van der Waals surface area contributed by atoms with Crippen LogP contribution in [0.2, 0.25) is 0 Å². The molecule has 2 aliphatic rings. The summed E-state index contributed by atoms with van der Waals surface area (Å²) in [6.07, 6.45) is -3.60. The first-order valence-electron chi connectivity index (χ1n) is 21.0. The zero-order valence-electron chi connectivity index (χ0n) is 36.6. The van der Waals surface area contributed by atoms with Gasteiger partial charge >= 0.3 is 12.5 Å². The third kappa shape index (κ3) is 9.66. The molecule has 0 aliphatic carbocycles. The number of alkyl carbamates (subject to hydrolysis) is 1. The number of carbonyl (C=O) groups excluding carboxylic acids is 4. The number of amides is 4. The molecule has 0 bridgehead atoms. The van der Waals surface area contributed by atoms with Crippen LogP contribution in [-0.2, 0) is 14.3 Å². The van der Waals surface area contributed by atoms with Crippen LogP contribution in [0.3, 0.4) is 0 Å². The Morgan fingerprint density at radius 2 is 1.70 bits per heavy atom. The molecule has 5 aromatic rings. The number of pyridine rings is 1. The van der Waals surface area contributed by atoms with E-state index in [4.69, 9.17) is 9.72 Å². The molecule has 3 N–H and O–H groups in total. The van der Waals surface area contributed by atoms with Crippen molar-refractivity contribution in [3.63, 3.8) is 0 Å². The molecule has 334 valence electrons. The van der Waals surface area contributed by atoms with E-state index in [0.717, 1.165) is 11.5 Å². The summed E-state index contributed by atoms with van der Waals surface area (Å²) < 4.78 is 50.8. The number of hydrogen-bond donors (Lipinski definition) is 3. The Bertz CT molecular complexity index is 2540. The van der Waals surface area contributed by atoms with Gasteiger partial charge in [-0.05, 0) is 78.6 Å². The lowest BCUT2D eigenvalue weighted by molar-refractivity contribution is -0.274. The molecular formula is C46H53F3N8O6. The second-order valence-electron chi connectivity index (χ2n) is 17.9. The Hall–Kier alpha value is -6.39. The minimum atomic E-state index is -5.04. The number of alkyl halides is 3. The van der Waals surface area contributed by atoms with Crippen molar-refractivity contribution in [3.05, 3.63) is 78.2 Å². The number of aromatic amines is 1. The van der Waals surface area contributed by atoms with Crippen molar-refractivity contribution in [1.29, 1.82) is 0 Å². The lowest BCUT2D eigenvalue weighted by Gasteiger charge is -2.42. The number of fused-ring (bicyclic) bond motifs is 3. The first kappa shape index (κ1) is 44.7. The predicted octanol–water partition coefficient (Wildman–Crippen LogP) is 8.30. The van der Waals surface area contributed by atoms with Gasteiger partial charge in [-0.2, -0.15) is 0 Å². The molecule has 14 nitrogen and oxygen atoms in total. The van der Waals surface area contributed by atoms with Crippen LogP contribution in [0.5, 0.6) is 5.75 Å². The van der Waals surface area contributed by atoms with Crippen LogP contribution >= 0.6 is 0 Å². The summed E-state index contributed by atoms with van der Waals surface area (Å²) in [6, 6.07) is 15.0. The maximum Gasteiger partial charge on any atom is 0.573 e. The molecule has 2 aliphatic heterocycles. The fraction of sp³-hybridized carbons (Fsp3) is 0.435. The number of H-pyrrole nitrogens is 1. The first-order valence-corrected chi connectivity index (χ1v) is 21.0. The smallest absolute Gasteiger partial charge is 0.453 e. The predicted molar refractivity (Wildman–Crippen MR) is 233 cm³/mol. The van der Waals surface area contributed by atoms with E-state index in [1.54, 1.807) is 35.2 Å². The van der Waals surface area contributed by atoms with Gasteiger partial charge in [0, 0.05) is 54.1 Å². The molecule has 17 heteroatoms. The second-order valence-corrected chi connectivity index (χ2v) is 17.9. The summed E-state index contributed by atoms with van der Waals surface area (Å²) >= 11 is 0. The number of nitrogens with one attached hydrogen (secondary N) is 3. The van der Waals surface area contributed by atoms with Gasteiger partial charge in [0.05, 0.1) is 36.1 Å². The van der Waals surface area contributed by atoms with Crippen molar-refractivity contribution in [2.45, 2.75) is 79.4 Å². The lowest BCUT2D eigenvalue weighted by Crippen LogP contribution is -2.56. The number of hydrogen-bond acceptors (Lipinski definition) is 9. The molecule has 0 spiro atoms. The Morgan fingerprint density at radius 1 is 0.937 bits per heavy atom. The average molecular weight is 871 g/mol. The lowest BCUT2D eigenvalue weighted by atomic mass is 9.94. The molecular weight excluding hydrogens is 818 g/mol. The maximum absolute atomic E-state index is 13.8. The van der Waals surface area contributed by atoms with E-state index in [0.29, 0.717) is 71.9 Å². The minimum Gasteiger partial charge on any atom is -0.453 e. The highest BCUT2D eigenvalue weighted by Crippen LogP contribution is 2.40. The Kier molecular flexibility index (Phi) is 12.3. The summed E-state index contributed by atoms with van der Waals surface area (Å²) in [5.41, 5.74) is 1.69. The van der Waals surface area contributed by atoms with E-state index in [-0.39, 0.29) is 46.9 Å². The molecule has 2 saturated heterocycles. The van der Waals surface area contributed by atoms with Crippen LogP contribution in [0.4, 0.5) is 29.5 Å². The molecule has 4 heterocycles. The van der Waals surface area contributed by atoms with Crippen molar-refractivity contribution in [1.82, 2.24) is 30.1 Å². The van der Waals surface area contributed by atoms with E-state index in [9.17, 15) is 32.3 Å². The van der Waals surface area contributed by atoms with Gasteiger partial charge < -0.3 is 39.8 Å². The largest absolute Gasteiger partial charge is 0.573 e. The quantitative estimate of drug-likeness (QED) is 0.132. The summed E-state index contributed by atoms with van der Waals surface area (Å²) in [7, 11) is 1.25. The number of methoxy groups -OCH3 is 1. The zero-order valence-corrected chi connectivity index (χ0v) is 36.6. The SMILES string of the molecule is COC(=O)NC(C(=O)N1CC(C)CC1c1nc2c(ccc3cc(-c4ccc(C(=O)Nc5ccc(N6CCN(C(=O)C(C)(C)C)CC6C)nc5)cc4OC(F)(F)F)ccc32)[nH]1)C(C)C. The topological polar surface area (TPSA) is 162 Å². The zero-order chi connectivity index (χ0) is 45.5. The Labute approximate surface area is 363 Å². The van der Waals surface area contributed by atoms with Crippen LogP contribution in [-0.4, -0.2) is 100 Å². The van der Waals surface area contributed by atoms with E-state index >= 15 is 0 Å². The first-order chi connectivity index (χ1) is 29.7. The third-order valence-corrected chi connectivity index (χ3v) is 11.6. The maximum atomic E-state index is 13.8. The molecule has 3 aromatic carbocycles. The van der Waals surface area contributed by atoms with Crippen LogP contribution < -0.4 is 20.3 Å². The fourth-order valence-corrected chi connectivity index (χ4v) is 8.47. The van der Waals surface area contributed by atoms with E-state index in [1.807, 2.05) is 65.5 Å². The van der Waals surface area contributed by atoms with Gasteiger partial charge in [-0.3, -0.25) is 14.4 Å². The number of aromatic nitrogens is 3. The van der Waals surface area contributed by atoms with Gasteiger partial charge in [0.2, 0.25) is 11.8 Å². The van der Waals surface area contributed by atoms with Crippen molar-refractivity contribution < 1.29 is 41.8 Å². The monoisotopic (exact) mass is 870 g/mol. The number of likely N-dealkylation sites (tertiary alicyclic amines) is 1. The molecule has 4 unspecified atom stereocenters. The van der Waals surface area contributed by atoms with Crippen molar-refractivity contribution in [2.24, 2.45) is 17.3 Å². The summed E-state index contributed by atoms with van der Waals surface area (Å²) in [5, 5.41) is 6.81. The third-order valence-electron chi connectivity index (χ3n) is 11.6. The molecule has 7 rings (SSSR count). The van der Waals surface area contributed by atoms with Crippen molar-refractivity contribution in [3.8, 4) is 16.9 Å². The summed E-state index contributed by atoms with van der Waals surface area (Å²) in [6.45, 7) is 15.6. The van der Waals surface area contributed by atoms with Gasteiger partial charge in [0.25, 0.3) is 5.91 Å². The summed E-state index contributed by atoms with van der Waals surface area (Å²) in [4.78, 5) is 70.7. The van der Waals surface area contributed by atoms with Gasteiger partial charge in [0.15, 0.2) is 0 Å². The van der Waals surface area contributed by atoms with E-state index < -0.39 is 35.6 Å². The van der Waals surface area contributed by atoms with Crippen LogP contribution in [0.15, 0.2) is 66.9 Å². The van der Waals surface area contributed by atoms with E-state index in [1.165, 1.54) is 25.4 Å². The highest BCUT2D eigenvalue weighted by molar-refractivity contribution is 6.07. The van der Waals surface area contributed by atoms with Gasteiger partial charge in [-0.1, -0.05) is 59.7 Å². The highest BCUT2D eigenvalue weighted by Gasteiger charge is 2.40. The average Bonchev–Trinajstić information content (AvgIpc) is 3.85. The van der Waals surface area contributed by atoms with Crippen molar-refractivity contribution in [2.75, 3.05) is 43.5 Å². The number of imidazole rings is 1. The van der Waals surface area contributed by atoms with Crippen LogP contribution in [0.25, 0.3) is 32.9 Å². The molecule has 4 amide bonds. The van der Waals surface area contributed by atoms with Crippen molar-refractivity contribution >= 4 is 57.1 Å². The molecule has 63 heavy (non-hydrogen) atoms. The number of piperazine rings is 1. The van der Waals surface area contributed by atoms with Crippen LogP contribution in [0.1, 0.15) is 77.1 Å². The molecule has 2 fully saturated rings. The standard InChI is InChI=1S/C46H53F3N8O6/c1-25(2)38(54-44(61)62-8)42(59)57-23-26(3)19-35(57)40-52-34-15-11-29-20-28(9-14-33(29)39(34)53-40)32-13-10-30(21-36(32)63-46(47,48)49)41(58)51-31-12-16-37(50-22-31)56-18-17-55(24-27(56)4)43(60)45(5,6)7/h9-16,20-22,25-27,35,38H,17-19,23-24H2,1-8H3,(H,51,58)(H,52,53)(H,54,61). The fourth-order valence-electron chi connectivity index (χ4n) is 8.47. The number of ether oxygens (including phenoxy) is 2. The number of nitrogens with zero attached hydrogens (tertiary/aromatic N) is 5. The van der Waals surface area contributed by atoms with E-state index in [2.05, 4.69) is 30.2 Å². The number of rotatable bonds is 9. The van der Waals surface area contributed by atoms with Gasteiger partial charge in [-0.15, -0.1) is 13.2 Å². The van der Waals surface area contributed by atoms with Crippen LogP contribution in [0, 0.1) is 17.3 Å². The Morgan fingerprint density at radius 3 is 2.35 bits per heavy atom.